The average Bonchev–Trinajstić information content (AvgIpc) is 3.26. The van der Waals surface area contributed by atoms with Crippen molar-refractivity contribution >= 4 is 28.8 Å². The number of thiazole rings is 1. The number of aryl methyl sites for hydroxylation is 1. The van der Waals surface area contributed by atoms with Gasteiger partial charge in [0.25, 0.3) is 5.91 Å². The second-order valence-corrected chi connectivity index (χ2v) is 8.84. The van der Waals surface area contributed by atoms with E-state index in [1.807, 2.05) is 55.5 Å². The first-order chi connectivity index (χ1) is 15.0. The highest BCUT2D eigenvalue weighted by atomic mass is 32.1. The summed E-state index contributed by atoms with van der Waals surface area (Å²) in [6.45, 7) is 4.48. The molecule has 0 radical (unpaired) electrons. The lowest BCUT2D eigenvalue weighted by atomic mass is 9.97. The average molecular weight is 435 g/mol. The summed E-state index contributed by atoms with van der Waals surface area (Å²) >= 11 is 1.47. The Labute approximate surface area is 186 Å². The van der Waals surface area contributed by atoms with Crippen molar-refractivity contribution in [2.45, 2.75) is 26.3 Å². The Bertz CT molecular complexity index is 1080. The van der Waals surface area contributed by atoms with Gasteiger partial charge in [-0.15, -0.1) is 11.3 Å². The standard InChI is InChI=1S/C24H26N4O2S/c1-16-5-2-3-7-20(16)24-27-21(15-31-24)23(30)26-19-10-8-17(9-11-19)13-28-12-4-6-18(14-28)22(25)29/h2-3,5,7-11,15,18H,4,6,12-14H2,1H3,(H2,25,29)(H,26,30). The molecule has 0 bridgehead atoms. The zero-order valence-electron chi connectivity index (χ0n) is 17.5. The van der Waals surface area contributed by atoms with E-state index in [-0.39, 0.29) is 17.7 Å². The van der Waals surface area contributed by atoms with E-state index < -0.39 is 0 Å². The number of rotatable bonds is 6. The summed E-state index contributed by atoms with van der Waals surface area (Å²) in [5.74, 6) is -0.491. The fourth-order valence-corrected chi connectivity index (χ4v) is 4.78. The molecule has 4 rings (SSSR count). The molecule has 3 N–H and O–H groups in total. The van der Waals surface area contributed by atoms with Crippen molar-refractivity contribution in [1.29, 1.82) is 0 Å². The van der Waals surface area contributed by atoms with Gasteiger partial charge < -0.3 is 11.1 Å². The molecule has 2 amide bonds. The number of carbonyl (C=O) groups is 2. The van der Waals surface area contributed by atoms with E-state index in [9.17, 15) is 9.59 Å². The molecule has 6 nitrogen and oxygen atoms in total. The van der Waals surface area contributed by atoms with Crippen LogP contribution in [0.2, 0.25) is 0 Å². The molecular formula is C24H26N4O2S. The number of likely N-dealkylation sites (tertiary alicyclic amines) is 1. The zero-order valence-corrected chi connectivity index (χ0v) is 18.3. The number of nitrogens with two attached hydrogens (primary N) is 1. The van der Waals surface area contributed by atoms with Gasteiger partial charge in [-0.2, -0.15) is 0 Å². The lowest BCUT2D eigenvalue weighted by Crippen LogP contribution is -2.40. The second-order valence-electron chi connectivity index (χ2n) is 7.98. The zero-order chi connectivity index (χ0) is 21.8. The van der Waals surface area contributed by atoms with Gasteiger partial charge in [-0.05, 0) is 49.6 Å². The largest absolute Gasteiger partial charge is 0.369 e. The summed E-state index contributed by atoms with van der Waals surface area (Å²) in [5, 5.41) is 5.55. The molecule has 1 aliphatic heterocycles. The van der Waals surface area contributed by atoms with Crippen LogP contribution in [0.5, 0.6) is 0 Å². The molecule has 0 saturated carbocycles. The van der Waals surface area contributed by atoms with E-state index in [2.05, 4.69) is 15.2 Å². The first-order valence-electron chi connectivity index (χ1n) is 10.4. The van der Waals surface area contributed by atoms with Crippen molar-refractivity contribution in [2.75, 3.05) is 18.4 Å². The maximum absolute atomic E-state index is 12.6. The summed E-state index contributed by atoms with van der Waals surface area (Å²) in [6, 6.07) is 15.8. The topological polar surface area (TPSA) is 88.3 Å². The van der Waals surface area contributed by atoms with E-state index in [1.165, 1.54) is 11.3 Å². The number of carbonyl (C=O) groups excluding carboxylic acids is 2. The van der Waals surface area contributed by atoms with E-state index >= 15 is 0 Å². The molecule has 1 aromatic heterocycles. The van der Waals surface area contributed by atoms with Crippen LogP contribution >= 0.6 is 11.3 Å². The van der Waals surface area contributed by atoms with Gasteiger partial charge in [-0.25, -0.2) is 4.98 Å². The maximum Gasteiger partial charge on any atom is 0.275 e. The first-order valence-corrected chi connectivity index (χ1v) is 11.3. The van der Waals surface area contributed by atoms with Crippen LogP contribution in [0.3, 0.4) is 0 Å². The van der Waals surface area contributed by atoms with E-state index in [1.54, 1.807) is 5.38 Å². The number of piperidine rings is 1. The van der Waals surface area contributed by atoms with Crippen LogP contribution in [0.1, 0.15) is 34.5 Å². The quantitative estimate of drug-likeness (QED) is 0.612. The molecule has 160 valence electrons. The third kappa shape index (κ3) is 5.18. The summed E-state index contributed by atoms with van der Waals surface area (Å²) in [6.07, 6.45) is 1.86. The Morgan fingerprint density at radius 3 is 2.71 bits per heavy atom. The molecule has 1 fully saturated rings. The van der Waals surface area contributed by atoms with Gasteiger partial charge in [0.05, 0.1) is 5.92 Å². The third-order valence-corrected chi connectivity index (χ3v) is 6.51. The smallest absolute Gasteiger partial charge is 0.275 e. The number of nitrogens with zero attached hydrogens (tertiary/aromatic N) is 2. The Morgan fingerprint density at radius 2 is 1.97 bits per heavy atom. The molecule has 31 heavy (non-hydrogen) atoms. The van der Waals surface area contributed by atoms with E-state index in [0.717, 1.165) is 53.3 Å². The predicted molar refractivity (Wildman–Crippen MR) is 124 cm³/mol. The normalized spacial score (nSPS) is 16.7. The minimum Gasteiger partial charge on any atom is -0.369 e. The number of anilines is 1. The first kappa shape index (κ1) is 21.2. The van der Waals surface area contributed by atoms with E-state index in [4.69, 9.17) is 5.73 Å². The number of hydrogen-bond donors (Lipinski definition) is 2. The Hall–Kier alpha value is -3.03. The van der Waals surface area contributed by atoms with Crippen molar-refractivity contribution in [3.8, 4) is 10.6 Å². The second kappa shape index (κ2) is 9.41. The molecule has 1 atom stereocenters. The van der Waals surface area contributed by atoms with Crippen LogP contribution in [0.15, 0.2) is 53.9 Å². The molecular weight excluding hydrogens is 408 g/mol. The van der Waals surface area contributed by atoms with Crippen LogP contribution in [-0.4, -0.2) is 34.8 Å². The molecule has 2 aromatic carbocycles. The minimum atomic E-state index is -0.218. The lowest BCUT2D eigenvalue weighted by Gasteiger charge is -2.31. The van der Waals surface area contributed by atoms with Crippen molar-refractivity contribution in [1.82, 2.24) is 9.88 Å². The monoisotopic (exact) mass is 434 g/mol. The fourth-order valence-electron chi connectivity index (χ4n) is 3.89. The molecule has 2 heterocycles. The Balaban J connectivity index is 1.36. The van der Waals surface area contributed by atoms with Gasteiger partial charge in [-0.1, -0.05) is 36.4 Å². The number of benzene rings is 2. The van der Waals surface area contributed by atoms with Gasteiger partial charge in [0.2, 0.25) is 5.91 Å². The molecule has 0 spiro atoms. The van der Waals surface area contributed by atoms with Crippen LogP contribution < -0.4 is 11.1 Å². The van der Waals surface area contributed by atoms with Gasteiger partial charge in [0.15, 0.2) is 0 Å². The molecule has 1 saturated heterocycles. The number of nitrogens with one attached hydrogen (secondary N) is 1. The van der Waals surface area contributed by atoms with Gasteiger partial charge >= 0.3 is 0 Å². The van der Waals surface area contributed by atoms with E-state index in [0.29, 0.717) is 12.2 Å². The van der Waals surface area contributed by atoms with Crippen molar-refractivity contribution < 1.29 is 9.59 Å². The molecule has 3 aromatic rings. The van der Waals surface area contributed by atoms with Gasteiger partial charge in [0.1, 0.15) is 10.7 Å². The molecule has 0 aliphatic carbocycles. The fraction of sp³-hybridized carbons (Fsp3) is 0.292. The van der Waals surface area contributed by atoms with Crippen LogP contribution in [0, 0.1) is 12.8 Å². The van der Waals surface area contributed by atoms with Crippen molar-refractivity contribution in [2.24, 2.45) is 11.7 Å². The number of amides is 2. The van der Waals surface area contributed by atoms with Crippen LogP contribution in [0.4, 0.5) is 5.69 Å². The summed E-state index contributed by atoms with van der Waals surface area (Å²) in [4.78, 5) is 30.9. The predicted octanol–water partition coefficient (Wildman–Crippen LogP) is 4.07. The SMILES string of the molecule is Cc1ccccc1-c1nc(C(=O)Nc2ccc(CN3CCCC(C(N)=O)C3)cc2)cs1. The summed E-state index contributed by atoms with van der Waals surface area (Å²) in [5.41, 5.74) is 9.93. The van der Waals surface area contributed by atoms with Crippen molar-refractivity contribution in [3.63, 3.8) is 0 Å². The summed E-state index contributed by atoms with van der Waals surface area (Å²) in [7, 11) is 0. The van der Waals surface area contributed by atoms with Crippen molar-refractivity contribution in [3.05, 3.63) is 70.7 Å². The van der Waals surface area contributed by atoms with Crippen LogP contribution in [-0.2, 0) is 11.3 Å². The third-order valence-electron chi connectivity index (χ3n) is 5.64. The number of aromatic nitrogens is 1. The van der Waals surface area contributed by atoms with Gasteiger partial charge in [0, 0.05) is 29.7 Å². The maximum atomic E-state index is 12.6. The summed E-state index contributed by atoms with van der Waals surface area (Å²) < 4.78 is 0. The Kier molecular flexibility index (Phi) is 6.44. The Morgan fingerprint density at radius 1 is 1.19 bits per heavy atom. The minimum absolute atomic E-state index is 0.0602. The highest BCUT2D eigenvalue weighted by Gasteiger charge is 2.23. The molecule has 1 aliphatic rings. The van der Waals surface area contributed by atoms with Gasteiger partial charge in [-0.3, -0.25) is 14.5 Å². The number of hydrogen-bond acceptors (Lipinski definition) is 5. The van der Waals surface area contributed by atoms with Crippen LogP contribution in [0.25, 0.3) is 10.6 Å². The molecule has 1 unspecified atom stereocenters. The highest BCUT2D eigenvalue weighted by molar-refractivity contribution is 7.13. The highest BCUT2D eigenvalue weighted by Crippen LogP contribution is 2.27. The lowest BCUT2D eigenvalue weighted by molar-refractivity contribution is -0.123. The molecule has 7 heteroatoms. The number of primary amides is 1.